The van der Waals surface area contributed by atoms with Crippen LogP contribution < -0.4 is 0 Å². The van der Waals surface area contributed by atoms with Crippen LogP contribution in [0.2, 0.25) is 10.0 Å². The van der Waals surface area contributed by atoms with Gasteiger partial charge in [0.15, 0.2) is 5.78 Å². The Labute approximate surface area is 117 Å². The molecule has 1 saturated heterocycles. The summed E-state index contributed by atoms with van der Waals surface area (Å²) in [5, 5.41) is 0.977. The summed E-state index contributed by atoms with van der Waals surface area (Å²) in [5.41, 5.74) is 0.867. The van der Waals surface area contributed by atoms with Crippen molar-refractivity contribution in [2.24, 2.45) is 0 Å². The quantitative estimate of drug-likeness (QED) is 0.855. The Hall–Kier alpha value is -0.610. The predicted octanol–water partition coefficient (Wildman–Crippen LogP) is 2.44. The predicted molar refractivity (Wildman–Crippen MR) is 72.4 cm³/mol. The van der Waals surface area contributed by atoms with Crippen molar-refractivity contribution in [1.82, 2.24) is 4.90 Å². The summed E-state index contributed by atoms with van der Waals surface area (Å²) in [4.78, 5) is 14.2. The van der Waals surface area contributed by atoms with E-state index in [0.29, 0.717) is 29.6 Å². The molecule has 18 heavy (non-hydrogen) atoms. The van der Waals surface area contributed by atoms with Gasteiger partial charge in [-0.15, -0.1) is 0 Å². The minimum Gasteiger partial charge on any atom is -0.368 e. The molecule has 1 aliphatic rings. The van der Waals surface area contributed by atoms with Gasteiger partial charge in [-0.25, -0.2) is 0 Å². The summed E-state index contributed by atoms with van der Waals surface area (Å²) in [6, 6.07) is 5.26. The zero-order chi connectivity index (χ0) is 13.1. The van der Waals surface area contributed by atoms with E-state index in [9.17, 15) is 4.79 Å². The first-order chi connectivity index (χ1) is 8.56. The summed E-state index contributed by atoms with van der Waals surface area (Å²) in [6.07, 6.45) is -0.00623. The fourth-order valence-corrected chi connectivity index (χ4v) is 2.26. The molecule has 1 aromatic rings. The summed E-state index contributed by atoms with van der Waals surface area (Å²) in [5.74, 6) is 0.0833. The Kier molecular flexibility index (Phi) is 4.62. The largest absolute Gasteiger partial charge is 0.368 e. The molecule has 98 valence electrons. The van der Waals surface area contributed by atoms with E-state index in [4.69, 9.17) is 27.9 Å². The summed E-state index contributed by atoms with van der Waals surface area (Å²) < 4.78 is 5.49. The van der Waals surface area contributed by atoms with E-state index in [1.807, 2.05) is 13.1 Å². The van der Waals surface area contributed by atoms with Crippen molar-refractivity contribution in [2.75, 3.05) is 26.7 Å². The molecule has 0 N–H and O–H groups in total. The van der Waals surface area contributed by atoms with Crippen molar-refractivity contribution in [3.63, 3.8) is 0 Å². The zero-order valence-electron chi connectivity index (χ0n) is 10.2. The topological polar surface area (TPSA) is 29.5 Å². The molecule has 2 rings (SSSR count). The average molecular weight is 288 g/mol. The van der Waals surface area contributed by atoms with Crippen molar-refractivity contribution >= 4 is 29.0 Å². The number of Topliss-reactive ketones (excluding diaryl/α,β-unsaturated/α-hetero) is 1. The smallest absolute Gasteiger partial charge is 0.167 e. The molecule has 0 aromatic heterocycles. The molecule has 0 amide bonds. The SMILES string of the molecule is CN1CCOC(C(=O)Cc2ccc(Cl)c(Cl)c2)C1. The second-order valence-electron chi connectivity index (χ2n) is 4.51. The van der Waals surface area contributed by atoms with Gasteiger partial charge < -0.3 is 9.64 Å². The van der Waals surface area contributed by atoms with Crippen LogP contribution in [0.5, 0.6) is 0 Å². The van der Waals surface area contributed by atoms with E-state index in [-0.39, 0.29) is 11.9 Å². The van der Waals surface area contributed by atoms with Gasteiger partial charge >= 0.3 is 0 Å². The van der Waals surface area contributed by atoms with E-state index in [0.717, 1.165) is 12.1 Å². The third kappa shape index (κ3) is 3.45. The average Bonchev–Trinajstić information content (AvgIpc) is 2.34. The molecule has 0 aliphatic carbocycles. The van der Waals surface area contributed by atoms with Gasteiger partial charge in [0.25, 0.3) is 0 Å². The van der Waals surface area contributed by atoms with Crippen LogP contribution in [0.1, 0.15) is 5.56 Å². The number of nitrogens with zero attached hydrogens (tertiary/aromatic N) is 1. The van der Waals surface area contributed by atoms with Gasteiger partial charge in [-0.1, -0.05) is 29.3 Å². The molecule has 3 nitrogen and oxygen atoms in total. The number of benzene rings is 1. The first-order valence-corrected chi connectivity index (χ1v) is 6.58. The van der Waals surface area contributed by atoms with Gasteiger partial charge in [0.2, 0.25) is 0 Å². The highest BCUT2D eigenvalue weighted by Crippen LogP contribution is 2.23. The minimum atomic E-state index is -0.335. The Balaban J connectivity index is 2.00. The Bertz CT molecular complexity index is 451. The highest BCUT2D eigenvalue weighted by molar-refractivity contribution is 6.42. The Morgan fingerprint density at radius 3 is 2.89 bits per heavy atom. The maximum atomic E-state index is 12.1. The first kappa shape index (κ1) is 13.8. The van der Waals surface area contributed by atoms with E-state index < -0.39 is 0 Å². The molecule has 1 atom stereocenters. The second kappa shape index (κ2) is 6.02. The number of carbonyl (C=O) groups is 1. The molecule has 5 heteroatoms. The van der Waals surface area contributed by atoms with E-state index in [1.165, 1.54) is 0 Å². The van der Waals surface area contributed by atoms with Gasteiger partial charge in [0.05, 0.1) is 16.7 Å². The Morgan fingerprint density at radius 2 is 2.22 bits per heavy atom. The van der Waals surface area contributed by atoms with Gasteiger partial charge in [-0.05, 0) is 24.7 Å². The highest BCUT2D eigenvalue weighted by atomic mass is 35.5. The molecule has 1 aliphatic heterocycles. The molecule has 0 spiro atoms. The summed E-state index contributed by atoms with van der Waals surface area (Å²) in [7, 11) is 1.99. The Morgan fingerprint density at radius 1 is 1.44 bits per heavy atom. The molecule has 0 radical (unpaired) electrons. The van der Waals surface area contributed by atoms with Crippen LogP contribution in [-0.4, -0.2) is 43.5 Å². The van der Waals surface area contributed by atoms with Gasteiger partial charge in [0.1, 0.15) is 6.10 Å². The normalized spacial score (nSPS) is 20.9. The number of hydrogen-bond acceptors (Lipinski definition) is 3. The van der Waals surface area contributed by atoms with Crippen LogP contribution in [0, 0.1) is 0 Å². The van der Waals surface area contributed by atoms with Crippen molar-refractivity contribution < 1.29 is 9.53 Å². The molecule has 0 bridgehead atoms. The number of ether oxygens (including phenoxy) is 1. The standard InChI is InChI=1S/C13H15Cl2NO2/c1-16-4-5-18-13(8-16)12(17)7-9-2-3-10(14)11(15)6-9/h2-3,6,13H,4-5,7-8H2,1H3. The van der Waals surface area contributed by atoms with Crippen molar-refractivity contribution in [1.29, 1.82) is 0 Å². The van der Waals surface area contributed by atoms with Crippen LogP contribution in [0.25, 0.3) is 0 Å². The van der Waals surface area contributed by atoms with E-state index in [1.54, 1.807) is 12.1 Å². The number of morpholine rings is 1. The van der Waals surface area contributed by atoms with E-state index >= 15 is 0 Å². The zero-order valence-corrected chi connectivity index (χ0v) is 11.7. The lowest BCUT2D eigenvalue weighted by Crippen LogP contribution is -2.44. The lowest BCUT2D eigenvalue weighted by molar-refractivity contribution is -0.134. The van der Waals surface area contributed by atoms with Gasteiger partial charge in [0, 0.05) is 19.5 Å². The molecule has 1 aromatic carbocycles. The number of hydrogen-bond donors (Lipinski definition) is 0. The van der Waals surface area contributed by atoms with Crippen LogP contribution in [0.4, 0.5) is 0 Å². The number of halogens is 2. The lowest BCUT2D eigenvalue weighted by atomic mass is 10.0. The van der Waals surface area contributed by atoms with Gasteiger partial charge in [-0.3, -0.25) is 4.79 Å². The third-order valence-corrected chi connectivity index (χ3v) is 3.73. The second-order valence-corrected chi connectivity index (χ2v) is 5.33. The lowest BCUT2D eigenvalue weighted by Gasteiger charge is -2.29. The van der Waals surface area contributed by atoms with Crippen LogP contribution in [0.3, 0.4) is 0 Å². The van der Waals surface area contributed by atoms with E-state index in [2.05, 4.69) is 4.90 Å². The van der Waals surface area contributed by atoms with Crippen LogP contribution in [-0.2, 0) is 16.0 Å². The monoisotopic (exact) mass is 287 g/mol. The van der Waals surface area contributed by atoms with Crippen LogP contribution in [0.15, 0.2) is 18.2 Å². The molecule has 1 heterocycles. The fourth-order valence-electron chi connectivity index (χ4n) is 1.94. The molecular formula is C13H15Cl2NO2. The van der Waals surface area contributed by atoms with Crippen molar-refractivity contribution in [2.45, 2.75) is 12.5 Å². The third-order valence-electron chi connectivity index (χ3n) is 2.99. The minimum absolute atomic E-state index is 0.0833. The fraction of sp³-hybridized carbons (Fsp3) is 0.462. The molecule has 1 unspecified atom stereocenters. The summed E-state index contributed by atoms with van der Waals surface area (Å²) in [6.45, 7) is 2.13. The molecule has 0 saturated carbocycles. The summed E-state index contributed by atoms with van der Waals surface area (Å²) >= 11 is 11.8. The van der Waals surface area contributed by atoms with Crippen molar-refractivity contribution in [3.8, 4) is 0 Å². The number of rotatable bonds is 3. The molecule has 1 fully saturated rings. The maximum absolute atomic E-state index is 12.1. The number of carbonyl (C=O) groups excluding carboxylic acids is 1. The highest BCUT2D eigenvalue weighted by Gasteiger charge is 2.24. The number of likely N-dealkylation sites (N-methyl/N-ethyl adjacent to an activating group) is 1. The van der Waals surface area contributed by atoms with Gasteiger partial charge in [-0.2, -0.15) is 0 Å². The number of ketones is 1. The van der Waals surface area contributed by atoms with Crippen LogP contribution >= 0.6 is 23.2 Å². The molecular weight excluding hydrogens is 273 g/mol. The van der Waals surface area contributed by atoms with Crippen molar-refractivity contribution in [3.05, 3.63) is 33.8 Å². The maximum Gasteiger partial charge on any atom is 0.167 e. The first-order valence-electron chi connectivity index (χ1n) is 5.83.